The third-order valence-electron chi connectivity index (χ3n) is 3.00. The molecule has 0 radical (unpaired) electrons. The highest BCUT2D eigenvalue weighted by Crippen LogP contribution is 2.26. The van der Waals surface area contributed by atoms with Crippen LogP contribution in [0.4, 0.5) is 8.78 Å². The third-order valence-corrected chi connectivity index (χ3v) is 3.00. The van der Waals surface area contributed by atoms with Gasteiger partial charge in [0.05, 0.1) is 18.8 Å². The maximum Gasteiger partial charge on any atom is 0.159 e. The number of nitrogens with two attached hydrogens (primary N) is 1. The summed E-state index contributed by atoms with van der Waals surface area (Å²) in [6, 6.07) is 5.37. The Bertz CT molecular complexity index is 601. The number of hydrogen-bond donors (Lipinski definition) is 1. The number of benzene rings is 1. The molecule has 2 rings (SSSR count). The Labute approximate surface area is 109 Å². The number of aliphatic imine (C=N–C) groups is 1. The van der Waals surface area contributed by atoms with Crippen molar-refractivity contribution in [3.8, 4) is 6.07 Å². The first-order valence-electron chi connectivity index (χ1n) is 5.67. The summed E-state index contributed by atoms with van der Waals surface area (Å²) < 4.78 is 26.2. The van der Waals surface area contributed by atoms with Gasteiger partial charge in [-0.25, -0.2) is 13.8 Å². The molecule has 0 bridgehead atoms. The number of hydrogen-bond acceptors (Lipinski definition) is 4. The van der Waals surface area contributed by atoms with Gasteiger partial charge in [0.2, 0.25) is 0 Å². The van der Waals surface area contributed by atoms with Gasteiger partial charge in [0, 0.05) is 0 Å². The van der Waals surface area contributed by atoms with Crippen LogP contribution in [-0.2, 0) is 0 Å². The molecule has 6 heteroatoms. The van der Waals surface area contributed by atoms with Crippen LogP contribution in [0.5, 0.6) is 0 Å². The molecule has 1 heterocycles. The van der Waals surface area contributed by atoms with Crippen LogP contribution >= 0.6 is 0 Å². The van der Waals surface area contributed by atoms with Crippen molar-refractivity contribution in [2.24, 2.45) is 10.7 Å². The molecule has 0 unspecified atom stereocenters. The van der Waals surface area contributed by atoms with E-state index in [2.05, 4.69) is 4.99 Å². The second kappa shape index (κ2) is 5.06. The Morgan fingerprint density at radius 1 is 1.42 bits per heavy atom. The Morgan fingerprint density at radius 2 is 2.16 bits per heavy atom. The minimum absolute atomic E-state index is 0.277. The van der Waals surface area contributed by atoms with E-state index in [-0.39, 0.29) is 12.6 Å². The molecule has 0 aromatic heterocycles. The maximum absolute atomic E-state index is 13.2. The molecule has 19 heavy (non-hydrogen) atoms. The Hall–Kier alpha value is -2.42. The zero-order valence-corrected chi connectivity index (χ0v) is 10.3. The van der Waals surface area contributed by atoms with E-state index in [4.69, 9.17) is 11.0 Å². The maximum atomic E-state index is 13.2. The predicted octanol–water partition coefficient (Wildman–Crippen LogP) is 2.06. The molecular weight excluding hydrogens is 250 g/mol. The average Bonchev–Trinajstić information content (AvgIpc) is 2.41. The van der Waals surface area contributed by atoms with Crippen molar-refractivity contribution in [1.29, 1.82) is 5.26 Å². The van der Waals surface area contributed by atoms with Gasteiger partial charge in [0.15, 0.2) is 11.6 Å². The molecule has 98 valence electrons. The number of amidine groups is 1. The van der Waals surface area contributed by atoms with E-state index in [1.54, 1.807) is 11.8 Å². The molecule has 1 aromatic rings. The summed E-state index contributed by atoms with van der Waals surface area (Å²) >= 11 is 0. The van der Waals surface area contributed by atoms with Crippen molar-refractivity contribution >= 4 is 5.84 Å². The minimum atomic E-state index is -0.912. The normalized spacial score (nSPS) is 16.4. The molecule has 4 nitrogen and oxygen atoms in total. The molecule has 0 saturated carbocycles. The summed E-state index contributed by atoms with van der Waals surface area (Å²) in [4.78, 5) is 5.56. The van der Waals surface area contributed by atoms with E-state index >= 15 is 0 Å². The first kappa shape index (κ1) is 13.0. The SMILES string of the molecule is C[C@@H](c1ccc(F)c(F)c1)N1CC(N)=NC=C1C#N. The summed E-state index contributed by atoms with van der Waals surface area (Å²) in [6.07, 6.45) is 1.37. The lowest BCUT2D eigenvalue weighted by molar-refractivity contribution is 0.313. The third kappa shape index (κ3) is 2.55. The van der Waals surface area contributed by atoms with Crippen molar-refractivity contribution in [3.63, 3.8) is 0 Å². The van der Waals surface area contributed by atoms with E-state index in [1.165, 1.54) is 12.3 Å². The van der Waals surface area contributed by atoms with Crippen LogP contribution in [0.3, 0.4) is 0 Å². The molecule has 1 aromatic carbocycles. The second-order valence-electron chi connectivity index (χ2n) is 4.22. The van der Waals surface area contributed by atoms with Crippen LogP contribution in [0.15, 0.2) is 35.1 Å². The van der Waals surface area contributed by atoms with Gasteiger partial charge in [-0.05, 0) is 24.6 Å². The summed E-state index contributed by atoms with van der Waals surface area (Å²) in [5.74, 6) is -1.44. The molecule has 0 aliphatic carbocycles. The van der Waals surface area contributed by atoms with Crippen molar-refractivity contribution in [2.45, 2.75) is 13.0 Å². The largest absolute Gasteiger partial charge is 0.386 e. The summed E-state index contributed by atoms with van der Waals surface area (Å²) in [6.45, 7) is 2.07. The van der Waals surface area contributed by atoms with E-state index in [0.29, 0.717) is 17.1 Å². The van der Waals surface area contributed by atoms with E-state index in [0.717, 1.165) is 12.1 Å². The smallest absolute Gasteiger partial charge is 0.159 e. The van der Waals surface area contributed by atoms with Crippen molar-refractivity contribution in [2.75, 3.05) is 6.54 Å². The van der Waals surface area contributed by atoms with Gasteiger partial charge in [-0.15, -0.1) is 0 Å². The lowest BCUT2D eigenvalue weighted by Gasteiger charge is -2.31. The van der Waals surface area contributed by atoms with Gasteiger partial charge < -0.3 is 10.6 Å². The number of rotatable bonds is 2. The van der Waals surface area contributed by atoms with Crippen LogP contribution in [0.25, 0.3) is 0 Å². The second-order valence-corrected chi connectivity index (χ2v) is 4.22. The number of nitriles is 1. The topological polar surface area (TPSA) is 65.4 Å². The van der Waals surface area contributed by atoms with Gasteiger partial charge in [-0.3, -0.25) is 0 Å². The zero-order chi connectivity index (χ0) is 14.0. The van der Waals surface area contributed by atoms with Gasteiger partial charge >= 0.3 is 0 Å². The molecule has 1 aliphatic heterocycles. The van der Waals surface area contributed by atoms with Crippen LogP contribution in [0.1, 0.15) is 18.5 Å². The lowest BCUT2D eigenvalue weighted by atomic mass is 10.1. The van der Waals surface area contributed by atoms with Crippen LogP contribution < -0.4 is 5.73 Å². The molecular formula is C13H12F2N4. The lowest BCUT2D eigenvalue weighted by Crippen LogP contribution is -2.37. The highest BCUT2D eigenvalue weighted by Gasteiger charge is 2.22. The average molecular weight is 262 g/mol. The Balaban J connectivity index is 2.31. The van der Waals surface area contributed by atoms with Crippen molar-refractivity contribution in [3.05, 3.63) is 47.3 Å². The summed E-state index contributed by atoms with van der Waals surface area (Å²) in [5, 5.41) is 9.04. The van der Waals surface area contributed by atoms with Gasteiger partial charge in [0.25, 0.3) is 0 Å². The number of nitrogens with zero attached hydrogens (tertiary/aromatic N) is 3. The fourth-order valence-electron chi connectivity index (χ4n) is 1.91. The molecule has 2 N–H and O–H groups in total. The van der Waals surface area contributed by atoms with Crippen LogP contribution in [0.2, 0.25) is 0 Å². The molecule has 1 aliphatic rings. The van der Waals surface area contributed by atoms with Gasteiger partial charge in [-0.1, -0.05) is 6.07 Å². The van der Waals surface area contributed by atoms with Crippen molar-refractivity contribution < 1.29 is 8.78 Å². The fourth-order valence-corrected chi connectivity index (χ4v) is 1.91. The molecule has 0 saturated heterocycles. The highest BCUT2D eigenvalue weighted by molar-refractivity contribution is 5.84. The molecule has 1 atom stereocenters. The number of halogens is 2. The predicted molar refractivity (Wildman–Crippen MR) is 66.8 cm³/mol. The molecule has 0 spiro atoms. The molecule has 0 fully saturated rings. The first-order valence-corrected chi connectivity index (χ1v) is 5.67. The van der Waals surface area contributed by atoms with Gasteiger partial charge in [-0.2, -0.15) is 5.26 Å². The van der Waals surface area contributed by atoms with Crippen molar-refractivity contribution in [1.82, 2.24) is 4.90 Å². The first-order chi connectivity index (χ1) is 9.02. The Morgan fingerprint density at radius 3 is 2.79 bits per heavy atom. The Kier molecular flexibility index (Phi) is 3.47. The van der Waals surface area contributed by atoms with E-state index < -0.39 is 11.6 Å². The highest BCUT2D eigenvalue weighted by atomic mass is 19.2. The van der Waals surface area contributed by atoms with E-state index in [9.17, 15) is 8.78 Å². The van der Waals surface area contributed by atoms with Crippen LogP contribution in [0, 0.1) is 23.0 Å². The molecule has 0 amide bonds. The van der Waals surface area contributed by atoms with Gasteiger partial charge in [0.1, 0.15) is 17.6 Å². The number of allylic oxidation sites excluding steroid dienone is 1. The van der Waals surface area contributed by atoms with E-state index in [1.807, 2.05) is 6.07 Å². The zero-order valence-electron chi connectivity index (χ0n) is 10.3. The standard InChI is InChI=1S/C13H12F2N4/c1-8(9-2-3-11(14)12(15)4-9)19-7-13(17)18-6-10(19)5-16/h2-4,6,8H,7H2,1H3,(H2,17,18)/t8-/m0/s1. The quantitative estimate of drug-likeness (QED) is 0.887. The minimum Gasteiger partial charge on any atom is -0.386 e. The fraction of sp³-hybridized carbons (Fsp3) is 0.231. The summed E-state index contributed by atoms with van der Waals surface area (Å²) in [7, 11) is 0. The van der Waals surface area contributed by atoms with Crippen LogP contribution in [-0.4, -0.2) is 17.3 Å². The summed E-state index contributed by atoms with van der Waals surface area (Å²) in [5.41, 5.74) is 6.54. The monoisotopic (exact) mass is 262 g/mol.